The van der Waals surface area contributed by atoms with Crippen molar-refractivity contribution in [3.05, 3.63) is 81.9 Å². The molecule has 7 nitrogen and oxygen atoms in total. The molecule has 0 amide bonds. The van der Waals surface area contributed by atoms with Crippen LogP contribution in [0.2, 0.25) is 0 Å². The second-order valence-corrected chi connectivity index (χ2v) is 7.70. The minimum atomic E-state index is -0.823. The zero-order chi connectivity index (χ0) is 22.4. The van der Waals surface area contributed by atoms with Gasteiger partial charge in [-0.1, -0.05) is 24.3 Å². The summed E-state index contributed by atoms with van der Waals surface area (Å²) in [5.74, 6) is -1.18. The third-order valence-corrected chi connectivity index (χ3v) is 5.68. The van der Waals surface area contributed by atoms with Crippen molar-refractivity contribution in [2.24, 2.45) is 0 Å². The van der Waals surface area contributed by atoms with Crippen molar-refractivity contribution < 1.29 is 28.9 Å². The van der Waals surface area contributed by atoms with Crippen LogP contribution in [0.25, 0.3) is 0 Å². The van der Waals surface area contributed by atoms with E-state index in [0.29, 0.717) is 17.1 Å². The second-order valence-electron chi connectivity index (χ2n) is 6.66. The molecule has 0 aliphatic carbocycles. The summed E-state index contributed by atoms with van der Waals surface area (Å²) in [4.78, 5) is 25.5. The number of methoxy groups -OCH3 is 2. The highest BCUT2D eigenvalue weighted by atomic mass is 32.2. The topological polar surface area (TPSA) is 106 Å². The second kappa shape index (κ2) is 10.1. The largest absolute Gasteiger partial charge is 0.504 e. The average molecular weight is 442 g/mol. The summed E-state index contributed by atoms with van der Waals surface area (Å²) in [7, 11) is 2.65. The van der Waals surface area contributed by atoms with Gasteiger partial charge >= 0.3 is 5.97 Å². The smallest absolute Gasteiger partial charge is 0.306 e. The minimum Gasteiger partial charge on any atom is -0.504 e. The number of benzene rings is 2. The molecule has 0 bridgehead atoms. The van der Waals surface area contributed by atoms with Gasteiger partial charge in [-0.15, -0.1) is 11.8 Å². The lowest BCUT2D eigenvalue weighted by Gasteiger charge is -2.18. The summed E-state index contributed by atoms with van der Waals surface area (Å²) in [5, 5.41) is 20.4. The van der Waals surface area contributed by atoms with Crippen molar-refractivity contribution in [2.45, 2.75) is 23.0 Å². The molecule has 3 aromatic rings. The highest BCUT2D eigenvalue weighted by molar-refractivity contribution is 7.98. The molecular formula is C23H22O7S. The summed E-state index contributed by atoms with van der Waals surface area (Å²) >= 11 is 1.47. The molecular weight excluding hydrogens is 420 g/mol. The van der Waals surface area contributed by atoms with Crippen LogP contribution in [0, 0.1) is 0 Å². The minimum absolute atomic E-state index is 0.0469. The molecule has 2 N–H and O–H groups in total. The normalized spacial score (nSPS) is 11.7. The number of thioether (sulfide) groups is 1. The van der Waals surface area contributed by atoms with E-state index in [1.165, 1.54) is 44.2 Å². The van der Waals surface area contributed by atoms with E-state index in [1.54, 1.807) is 6.07 Å². The van der Waals surface area contributed by atoms with E-state index in [-0.39, 0.29) is 23.7 Å². The monoisotopic (exact) mass is 442 g/mol. The first-order valence-electron chi connectivity index (χ1n) is 9.40. The summed E-state index contributed by atoms with van der Waals surface area (Å²) in [6.45, 7) is 0. The van der Waals surface area contributed by atoms with E-state index in [1.807, 2.05) is 30.3 Å². The number of hydrogen-bond donors (Lipinski definition) is 2. The zero-order valence-electron chi connectivity index (χ0n) is 17.0. The van der Waals surface area contributed by atoms with Crippen LogP contribution < -0.4 is 10.2 Å². The lowest BCUT2D eigenvalue weighted by atomic mass is 9.92. The number of carbonyl (C=O) groups excluding carboxylic acids is 1. The molecule has 3 rings (SSSR count). The van der Waals surface area contributed by atoms with E-state index in [0.717, 1.165) is 4.90 Å². The van der Waals surface area contributed by atoms with Gasteiger partial charge in [-0.3, -0.25) is 9.59 Å². The number of ether oxygens (including phenoxy) is 2. The van der Waals surface area contributed by atoms with Crippen LogP contribution in [0.5, 0.6) is 17.2 Å². The molecule has 1 heterocycles. The maximum absolute atomic E-state index is 12.4. The van der Waals surface area contributed by atoms with Gasteiger partial charge in [0.25, 0.3) is 0 Å². The Balaban J connectivity index is 2.02. The number of carbonyl (C=O) groups is 1. The Morgan fingerprint density at radius 2 is 1.84 bits per heavy atom. The van der Waals surface area contributed by atoms with Gasteiger partial charge in [0.15, 0.2) is 17.3 Å². The van der Waals surface area contributed by atoms with Gasteiger partial charge < -0.3 is 24.1 Å². The van der Waals surface area contributed by atoms with Crippen LogP contribution in [0.15, 0.2) is 68.7 Å². The van der Waals surface area contributed by atoms with Crippen molar-refractivity contribution in [1.29, 1.82) is 0 Å². The molecule has 0 aliphatic heterocycles. The van der Waals surface area contributed by atoms with Crippen LogP contribution in [0.1, 0.15) is 29.4 Å². The van der Waals surface area contributed by atoms with Crippen LogP contribution in [-0.4, -0.2) is 30.4 Å². The predicted molar refractivity (Wildman–Crippen MR) is 116 cm³/mol. The Morgan fingerprint density at radius 3 is 2.52 bits per heavy atom. The maximum atomic E-state index is 12.4. The molecule has 0 fully saturated rings. The van der Waals surface area contributed by atoms with Gasteiger partial charge in [0, 0.05) is 11.0 Å². The molecule has 0 saturated carbocycles. The Morgan fingerprint density at radius 1 is 1.10 bits per heavy atom. The Hall–Kier alpha value is -3.39. The highest BCUT2D eigenvalue weighted by Crippen LogP contribution is 2.38. The Labute approximate surface area is 183 Å². The Bertz CT molecular complexity index is 1110. The lowest BCUT2D eigenvalue weighted by molar-refractivity contribution is -0.140. The number of aromatic hydroxyl groups is 2. The standard InChI is InChI=1S/C23H22O7S/c1-28-20-10-14(8-9-18(20)24)17(12-21(26)29-2)23-22(27)19(25)11-15(30-23)13-31-16-6-4-3-5-7-16/h3-11,17,24,27H,12-13H2,1-2H3. The van der Waals surface area contributed by atoms with Gasteiger partial charge in [-0.2, -0.15) is 0 Å². The molecule has 162 valence electrons. The van der Waals surface area contributed by atoms with Crippen LogP contribution in [-0.2, 0) is 15.3 Å². The fourth-order valence-corrected chi connectivity index (χ4v) is 3.86. The van der Waals surface area contributed by atoms with Gasteiger partial charge in [0.1, 0.15) is 5.76 Å². The van der Waals surface area contributed by atoms with Crippen LogP contribution >= 0.6 is 11.8 Å². The summed E-state index contributed by atoms with van der Waals surface area (Å²) < 4.78 is 15.8. The van der Waals surface area contributed by atoms with Gasteiger partial charge in [0.2, 0.25) is 11.2 Å². The van der Waals surface area contributed by atoms with E-state index in [2.05, 4.69) is 0 Å². The first kappa shape index (κ1) is 22.3. The SMILES string of the molecule is COC(=O)CC(c1ccc(O)c(OC)c1)c1oc(CSc2ccccc2)cc(=O)c1O. The number of phenolic OH excluding ortho intramolecular Hbond substituents is 1. The van der Waals surface area contributed by atoms with Crippen molar-refractivity contribution in [1.82, 2.24) is 0 Å². The van der Waals surface area contributed by atoms with Crippen molar-refractivity contribution in [3.8, 4) is 17.2 Å². The van der Waals surface area contributed by atoms with E-state index in [9.17, 15) is 19.8 Å². The van der Waals surface area contributed by atoms with Crippen molar-refractivity contribution in [2.75, 3.05) is 14.2 Å². The molecule has 1 atom stereocenters. The van der Waals surface area contributed by atoms with E-state index >= 15 is 0 Å². The molecule has 1 unspecified atom stereocenters. The van der Waals surface area contributed by atoms with Crippen LogP contribution in [0.3, 0.4) is 0 Å². The molecule has 2 aromatic carbocycles. The van der Waals surface area contributed by atoms with Crippen molar-refractivity contribution in [3.63, 3.8) is 0 Å². The number of rotatable bonds is 8. The first-order chi connectivity index (χ1) is 14.9. The number of phenols is 1. The van der Waals surface area contributed by atoms with E-state index in [4.69, 9.17) is 13.9 Å². The molecule has 0 aliphatic rings. The number of hydrogen-bond acceptors (Lipinski definition) is 8. The first-order valence-corrected chi connectivity index (χ1v) is 10.4. The lowest BCUT2D eigenvalue weighted by Crippen LogP contribution is -2.14. The quantitative estimate of drug-likeness (QED) is 0.398. The predicted octanol–water partition coefficient (Wildman–Crippen LogP) is 4.05. The Kier molecular flexibility index (Phi) is 7.25. The highest BCUT2D eigenvalue weighted by Gasteiger charge is 2.27. The molecule has 0 saturated heterocycles. The average Bonchev–Trinajstić information content (AvgIpc) is 2.79. The maximum Gasteiger partial charge on any atom is 0.306 e. The fourth-order valence-electron chi connectivity index (χ4n) is 3.06. The third kappa shape index (κ3) is 5.40. The molecule has 1 aromatic heterocycles. The zero-order valence-corrected chi connectivity index (χ0v) is 17.8. The fraction of sp³-hybridized carbons (Fsp3) is 0.217. The molecule has 8 heteroatoms. The summed E-state index contributed by atoms with van der Waals surface area (Å²) in [6, 6.07) is 15.3. The van der Waals surface area contributed by atoms with Gasteiger partial charge in [-0.05, 0) is 29.8 Å². The molecule has 0 radical (unpaired) electrons. The summed E-state index contributed by atoms with van der Waals surface area (Å²) in [6.07, 6.45) is -0.184. The van der Waals surface area contributed by atoms with Gasteiger partial charge in [-0.25, -0.2) is 0 Å². The van der Waals surface area contributed by atoms with Crippen LogP contribution in [0.4, 0.5) is 0 Å². The van der Waals surface area contributed by atoms with E-state index < -0.39 is 23.1 Å². The summed E-state index contributed by atoms with van der Waals surface area (Å²) in [5.41, 5.74) is -0.100. The van der Waals surface area contributed by atoms with Crippen molar-refractivity contribution >= 4 is 17.7 Å². The van der Waals surface area contributed by atoms with Gasteiger partial charge in [0.05, 0.1) is 32.3 Å². The number of esters is 1. The molecule has 0 spiro atoms. The third-order valence-electron chi connectivity index (χ3n) is 4.65. The molecule has 31 heavy (non-hydrogen) atoms.